The predicted octanol–water partition coefficient (Wildman–Crippen LogP) is 3.34. The van der Waals surface area contributed by atoms with Crippen molar-refractivity contribution in [3.8, 4) is 0 Å². The van der Waals surface area contributed by atoms with E-state index in [1.54, 1.807) is 0 Å². The van der Waals surface area contributed by atoms with Crippen molar-refractivity contribution >= 4 is 12.1 Å². The van der Waals surface area contributed by atoms with Crippen LogP contribution in [-0.4, -0.2) is 23.2 Å². The maximum absolute atomic E-state index is 11.9. The van der Waals surface area contributed by atoms with Gasteiger partial charge >= 0.3 is 12.1 Å². The molecule has 0 aromatic heterocycles. The van der Waals surface area contributed by atoms with Gasteiger partial charge in [0.15, 0.2) is 0 Å². The summed E-state index contributed by atoms with van der Waals surface area (Å²) < 4.78 is 5.14. The molecule has 0 radical (unpaired) electrons. The van der Waals surface area contributed by atoms with Crippen molar-refractivity contribution in [3.63, 3.8) is 0 Å². The first-order chi connectivity index (χ1) is 11.1. The molecule has 3 rings (SSSR count). The first-order valence-corrected chi connectivity index (χ1v) is 8.28. The molecule has 2 saturated carbocycles. The third-order valence-corrected chi connectivity index (χ3v) is 5.27. The van der Waals surface area contributed by atoms with E-state index in [9.17, 15) is 14.7 Å². The van der Waals surface area contributed by atoms with Gasteiger partial charge in [0.05, 0.1) is 0 Å². The maximum Gasteiger partial charge on any atom is 0.408 e. The number of carbonyl (C=O) groups is 2. The monoisotopic (exact) mass is 317 g/mol. The van der Waals surface area contributed by atoms with Crippen LogP contribution in [0.2, 0.25) is 0 Å². The number of benzene rings is 1. The SMILES string of the molecule is O=C(N[C@H](C(=O)O)C1CCC2(CC1)CC2)OCc1ccccc1. The quantitative estimate of drug-likeness (QED) is 0.873. The number of carboxylic acid groups (broad SMARTS) is 1. The zero-order valence-corrected chi connectivity index (χ0v) is 13.2. The minimum absolute atomic E-state index is 0.00278. The number of ether oxygens (including phenoxy) is 1. The molecule has 1 aromatic rings. The third-order valence-electron chi connectivity index (χ3n) is 5.27. The number of hydrogen-bond acceptors (Lipinski definition) is 3. The summed E-state index contributed by atoms with van der Waals surface area (Å²) in [5.74, 6) is -0.971. The largest absolute Gasteiger partial charge is 0.480 e. The summed E-state index contributed by atoms with van der Waals surface area (Å²) in [5.41, 5.74) is 1.38. The average molecular weight is 317 g/mol. The van der Waals surface area contributed by atoms with Gasteiger partial charge in [-0.2, -0.15) is 0 Å². The van der Waals surface area contributed by atoms with Crippen LogP contribution >= 0.6 is 0 Å². The Balaban J connectivity index is 1.50. The first kappa shape index (κ1) is 15.8. The Bertz CT molecular complexity index is 558. The molecule has 0 aliphatic heterocycles. The standard InChI is InChI=1S/C18H23NO4/c20-16(21)15(14-6-8-18(9-7-14)10-11-18)19-17(22)23-12-13-4-2-1-3-5-13/h1-5,14-15H,6-12H2,(H,19,22)(H,20,21)/t15-/m0/s1. The van der Waals surface area contributed by atoms with Crippen LogP contribution in [0.5, 0.6) is 0 Å². The molecule has 2 N–H and O–H groups in total. The number of alkyl carbamates (subject to hydrolysis) is 1. The summed E-state index contributed by atoms with van der Waals surface area (Å²) in [6.07, 6.45) is 5.82. The summed E-state index contributed by atoms with van der Waals surface area (Å²) in [6.45, 7) is 0.146. The van der Waals surface area contributed by atoms with E-state index in [1.807, 2.05) is 30.3 Å². The number of amides is 1. The average Bonchev–Trinajstić information content (AvgIpc) is 3.32. The van der Waals surface area contributed by atoms with Gasteiger partial charge in [0.25, 0.3) is 0 Å². The Kier molecular flexibility index (Phi) is 4.55. The Labute approximate surface area is 136 Å². The lowest BCUT2D eigenvalue weighted by atomic mass is 9.76. The number of carboxylic acids is 1. The zero-order valence-electron chi connectivity index (χ0n) is 13.2. The lowest BCUT2D eigenvalue weighted by molar-refractivity contribution is -0.141. The molecular formula is C18H23NO4. The highest BCUT2D eigenvalue weighted by Gasteiger charge is 2.46. The normalized spacial score (nSPS) is 20.7. The molecule has 124 valence electrons. The highest BCUT2D eigenvalue weighted by molar-refractivity contribution is 5.80. The number of rotatable bonds is 5. The van der Waals surface area contributed by atoms with Crippen LogP contribution in [0.15, 0.2) is 30.3 Å². The molecule has 5 heteroatoms. The molecule has 1 amide bonds. The van der Waals surface area contributed by atoms with Crippen LogP contribution in [0.25, 0.3) is 0 Å². The molecule has 2 fully saturated rings. The minimum atomic E-state index is -0.974. The van der Waals surface area contributed by atoms with E-state index in [4.69, 9.17) is 4.74 Å². The van der Waals surface area contributed by atoms with E-state index < -0.39 is 18.1 Å². The molecule has 5 nitrogen and oxygen atoms in total. The Morgan fingerprint density at radius 3 is 2.39 bits per heavy atom. The molecular weight excluding hydrogens is 294 g/mol. The van der Waals surface area contributed by atoms with Gasteiger partial charge in [-0.1, -0.05) is 30.3 Å². The molecule has 0 saturated heterocycles. The van der Waals surface area contributed by atoms with Gasteiger partial charge in [-0.3, -0.25) is 0 Å². The summed E-state index contributed by atoms with van der Waals surface area (Å²) in [5, 5.41) is 12.0. The second-order valence-electron chi connectivity index (χ2n) is 6.86. The predicted molar refractivity (Wildman–Crippen MR) is 84.8 cm³/mol. The molecule has 2 aliphatic rings. The number of hydrogen-bond donors (Lipinski definition) is 2. The smallest absolute Gasteiger partial charge is 0.408 e. The van der Waals surface area contributed by atoms with Gasteiger partial charge in [-0.05, 0) is 55.4 Å². The fourth-order valence-corrected chi connectivity index (χ4v) is 3.54. The van der Waals surface area contributed by atoms with Crippen molar-refractivity contribution in [2.45, 2.75) is 51.2 Å². The van der Waals surface area contributed by atoms with Crippen LogP contribution in [-0.2, 0) is 16.1 Å². The molecule has 0 heterocycles. The molecule has 1 spiro atoms. The van der Waals surface area contributed by atoms with Gasteiger partial charge in [-0.15, -0.1) is 0 Å². The van der Waals surface area contributed by atoms with E-state index in [0.717, 1.165) is 31.2 Å². The fraction of sp³-hybridized carbons (Fsp3) is 0.556. The van der Waals surface area contributed by atoms with Gasteiger partial charge in [0, 0.05) is 0 Å². The third kappa shape index (κ3) is 4.03. The highest BCUT2D eigenvalue weighted by Crippen LogP contribution is 2.57. The zero-order chi connectivity index (χ0) is 16.3. The second-order valence-corrected chi connectivity index (χ2v) is 6.86. The summed E-state index contributed by atoms with van der Waals surface area (Å²) in [4.78, 5) is 23.4. The fourth-order valence-electron chi connectivity index (χ4n) is 3.54. The first-order valence-electron chi connectivity index (χ1n) is 8.28. The second kappa shape index (κ2) is 6.60. The van der Waals surface area contributed by atoms with Crippen molar-refractivity contribution in [3.05, 3.63) is 35.9 Å². The van der Waals surface area contributed by atoms with E-state index in [2.05, 4.69) is 5.32 Å². The van der Waals surface area contributed by atoms with Crippen LogP contribution in [0.1, 0.15) is 44.1 Å². The van der Waals surface area contributed by atoms with Crippen LogP contribution in [0.4, 0.5) is 4.79 Å². The minimum Gasteiger partial charge on any atom is -0.480 e. The van der Waals surface area contributed by atoms with E-state index >= 15 is 0 Å². The molecule has 2 aliphatic carbocycles. The topological polar surface area (TPSA) is 75.6 Å². The number of nitrogens with one attached hydrogen (secondary N) is 1. The van der Waals surface area contributed by atoms with Crippen molar-refractivity contribution in [1.82, 2.24) is 5.32 Å². The van der Waals surface area contributed by atoms with E-state index in [0.29, 0.717) is 5.41 Å². The van der Waals surface area contributed by atoms with Crippen molar-refractivity contribution in [2.24, 2.45) is 11.3 Å². The van der Waals surface area contributed by atoms with E-state index in [-0.39, 0.29) is 12.5 Å². The number of aliphatic carboxylic acids is 1. The Morgan fingerprint density at radius 1 is 1.17 bits per heavy atom. The van der Waals surface area contributed by atoms with Gasteiger partial charge in [0.1, 0.15) is 12.6 Å². The van der Waals surface area contributed by atoms with Crippen LogP contribution in [0.3, 0.4) is 0 Å². The van der Waals surface area contributed by atoms with Crippen molar-refractivity contribution in [2.75, 3.05) is 0 Å². The van der Waals surface area contributed by atoms with Gasteiger partial charge in [-0.25, -0.2) is 9.59 Å². The summed E-state index contributed by atoms with van der Waals surface area (Å²) >= 11 is 0. The number of carbonyl (C=O) groups excluding carboxylic acids is 1. The summed E-state index contributed by atoms with van der Waals surface area (Å²) in [7, 11) is 0. The van der Waals surface area contributed by atoms with Crippen molar-refractivity contribution < 1.29 is 19.4 Å². The molecule has 23 heavy (non-hydrogen) atoms. The van der Waals surface area contributed by atoms with Crippen LogP contribution < -0.4 is 5.32 Å². The Hall–Kier alpha value is -2.04. The molecule has 0 bridgehead atoms. The highest BCUT2D eigenvalue weighted by atomic mass is 16.5. The maximum atomic E-state index is 11.9. The molecule has 1 aromatic carbocycles. The van der Waals surface area contributed by atoms with Gasteiger partial charge < -0.3 is 15.2 Å². The van der Waals surface area contributed by atoms with E-state index in [1.165, 1.54) is 12.8 Å². The lowest BCUT2D eigenvalue weighted by Crippen LogP contribution is -2.47. The van der Waals surface area contributed by atoms with Crippen molar-refractivity contribution in [1.29, 1.82) is 0 Å². The molecule has 0 unspecified atom stereocenters. The molecule has 1 atom stereocenters. The van der Waals surface area contributed by atoms with Crippen LogP contribution in [0, 0.1) is 11.3 Å². The summed E-state index contributed by atoms with van der Waals surface area (Å²) in [6, 6.07) is 8.49. The lowest BCUT2D eigenvalue weighted by Gasteiger charge is -2.32. The van der Waals surface area contributed by atoms with Gasteiger partial charge in [0.2, 0.25) is 0 Å². The Morgan fingerprint density at radius 2 is 1.83 bits per heavy atom.